The van der Waals surface area contributed by atoms with E-state index in [1.807, 2.05) is 29.1 Å². The second kappa shape index (κ2) is 7.71. The van der Waals surface area contributed by atoms with E-state index in [-0.39, 0.29) is 12.5 Å². The van der Waals surface area contributed by atoms with Crippen LogP contribution < -0.4 is 5.32 Å². The van der Waals surface area contributed by atoms with Gasteiger partial charge in [0.25, 0.3) is 0 Å². The first kappa shape index (κ1) is 16.8. The second-order valence-corrected chi connectivity index (χ2v) is 6.16. The lowest BCUT2D eigenvalue weighted by Gasteiger charge is -2.05. The number of hydrogen-bond donors (Lipinski definition) is 1. The van der Waals surface area contributed by atoms with Gasteiger partial charge in [0.2, 0.25) is 5.91 Å². The maximum atomic E-state index is 12.1. The Kier molecular flexibility index (Phi) is 5.20. The monoisotopic (exact) mass is 356 g/mol. The van der Waals surface area contributed by atoms with Crippen LogP contribution in [0.2, 0.25) is 0 Å². The molecule has 25 heavy (non-hydrogen) atoms. The molecule has 1 amide bonds. The minimum atomic E-state index is -0.417. The molecule has 1 aromatic carbocycles. The quantitative estimate of drug-likeness (QED) is 0.686. The van der Waals surface area contributed by atoms with Gasteiger partial charge >= 0.3 is 5.97 Å². The van der Waals surface area contributed by atoms with Crippen molar-refractivity contribution in [3.63, 3.8) is 0 Å². The zero-order chi connectivity index (χ0) is 17.6. The summed E-state index contributed by atoms with van der Waals surface area (Å²) < 4.78 is 7.06. The van der Waals surface area contributed by atoms with E-state index < -0.39 is 5.97 Å². The Bertz CT molecular complexity index is 856. The van der Waals surface area contributed by atoms with Crippen LogP contribution in [0.4, 0.5) is 5.13 Å². The smallest absolute Gasteiger partial charge is 0.338 e. The van der Waals surface area contributed by atoms with E-state index in [9.17, 15) is 9.59 Å². The summed E-state index contributed by atoms with van der Waals surface area (Å²) in [7, 11) is 0. The molecule has 1 N–H and O–H groups in total. The van der Waals surface area contributed by atoms with Crippen molar-refractivity contribution < 1.29 is 14.3 Å². The van der Waals surface area contributed by atoms with Gasteiger partial charge in [-0.25, -0.2) is 9.78 Å². The highest BCUT2D eigenvalue weighted by Crippen LogP contribution is 2.16. The average Bonchev–Trinajstić information content (AvgIpc) is 3.25. The van der Waals surface area contributed by atoms with Crippen LogP contribution in [-0.2, 0) is 22.7 Å². The molecule has 3 aromatic rings. The van der Waals surface area contributed by atoms with Crippen LogP contribution in [0.3, 0.4) is 0 Å². The van der Waals surface area contributed by atoms with Gasteiger partial charge < -0.3 is 10.1 Å². The van der Waals surface area contributed by atoms with Gasteiger partial charge in [0.1, 0.15) is 6.61 Å². The Balaban J connectivity index is 1.54. The fourth-order valence-corrected chi connectivity index (χ4v) is 2.87. The number of rotatable bonds is 6. The third-order valence-electron chi connectivity index (χ3n) is 3.28. The Morgan fingerprint density at radius 1 is 1.28 bits per heavy atom. The summed E-state index contributed by atoms with van der Waals surface area (Å²) in [5.74, 6) is -0.604. The van der Waals surface area contributed by atoms with E-state index in [1.165, 1.54) is 18.3 Å². The molecule has 7 nitrogen and oxygen atoms in total. The Morgan fingerprint density at radius 3 is 2.76 bits per heavy atom. The van der Waals surface area contributed by atoms with Gasteiger partial charge in [-0.3, -0.25) is 9.48 Å². The van der Waals surface area contributed by atoms with Crippen molar-refractivity contribution in [3.8, 4) is 0 Å². The minimum Gasteiger partial charge on any atom is -0.456 e. The molecule has 0 saturated carbocycles. The van der Waals surface area contributed by atoms with Gasteiger partial charge in [0.05, 0.1) is 17.8 Å². The van der Waals surface area contributed by atoms with Gasteiger partial charge in [0.15, 0.2) is 5.13 Å². The zero-order valence-corrected chi connectivity index (χ0v) is 14.3. The Morgan fingerprint density at radius 2 is 2.08 bits per heavy atom. The lowest BCUT2D eigenvalue weighted by atomic mass is 10.1. The van der Waals surface area contributed by atoms with E-state index >= 15 is 0 Å². The highest BCUT2D eigenvalue weighted by molar-refractivity contribution is 7.13. The van der Waals surface area contributed by atoms with Crippen LogP contribution >= 0.6 is 11.3 Å². The Hall–Kier alpha value is -3.00. The van der Waals surface area contributed by atoms with Crippen LogP contribution in [0, 0.1) is 0 Å². The first-order valence-electron chi connectivity index (χ1n) is 7.55. The summed E-state index contributed by atoms with van der Waals surface area (Å²) >= 11 is 1.29. The number of anilines is 1. The van der Waals surface area contributed by atoms with Crippen molar-refractivity contribution in [2.75, 3.05) is 5.32 Å². The van der Waals surface area contributed by atoms with Crippen molar-refractivity contribution in [2.24, 2.45) is 0 Å². The molecular formula is C17H16N4O3S. The van der Waals surface area contributed by atoms with Crippen LogP contribution in [0.5, 0.6) is 0 Å². The summed E-state index contributed by atoms with van der Waals surface area (Å²) in [5, 5.41) is 8.96. The molecule has 3 rings (SSSR count). The van der Waals surface area contributed by atoms with E-state index in [2.05, 4.69) is 15.4 Å². The highest BCUT2D eigenvalue weighted by Gasteiger charge is 2.10. The van der Waals surface area contributed by atoms with Crippen molar-refractivity contribution in [1.82, 2.24) is 14.8 Å². The minimum absolute atomic E-state index is 0.0595. The lowest BCUT2D eigenvalue weighted by Crippen LogP contribution is -2.07. The number of amides is 1. The molecule has 0 atom stereocenters. The predicted octanol–water partition coefficient (Wildman–Crippen LogP) is 2.70. The number of nitrogens with zero attached hydrogens (tertiary/aromatic N) is 3. The van der Waals surface area contributed by atoms with E-state index in [0.29, 0.717) is 22.9 Å². The number of benzene rings is 1. The lowest BCUT2D eigenvalue weighted by molar-refractivity contribution is -0.114. The highest BCUT2D eigenvalue weighted by atomic mass is 32.1. The zero-order valence-electron chi connectivity index (χ0n) is 13.5. The second-order valence-electron chi connectivity index (χ2n) is 5.30. The molecule has 0 aliphatic heterocycles. The number of nitrogens with one attached hydrogen (secondary N) is 1. The topological polar surface area (TPSA) is 86.1 Å². The molecule has 2 heterocycles. The van der Waals surface area contributed by atoms with Crippen molar-refractivity contribution in [2.45, 2.75) is 20.1 Å². The van der Waals surface area contributed by atoms with Gasteiger partial charge in [-0.15, -0.1) is 11.3 Å². The maximum absolute atomic E-state index is 12.1. The summed E-state index contributed by atoms with van der Waals surface area (Å²) in [6.45, 7) is 2.12. The largest absolute Gasteiger partial charge is 0.456 e. The van der Waals surface area contributed by atoms with Crippen molar-refractivity contribution in [1.29, 1.82) is 0 Å². The molecule has 0 fully saturated rings. The van der Waals surface area contributed by atoms with Crippen LogP contribution in [-0.4, -0.2) is 26.6 Å². The Labute approximate surface area is 148 Å². The fraction of sp³-hybridized carbons (Fsp3) is 0.176. The third kappa shape index (κ3) is 4.74. The van der Waals surface area contributed by atoms with Gasteiger partial charge in [0, 0.05) is 24.7 Å². The van der Waals surface area contributed by atoms with Crippen LogP contribution in [0.15, 0.2) is 48.1 Å². The molecule has 0 aliphatic rings. The van der Waals surface area contributed by atoms with E-state index in [0.717, 1.165) is 5.56 Å². The molecule has 128 valence electrons. The maximum Gasteiger partial charge on any atom is 0.338 e. The number of carbonyl (C=O) groups is 2. The van der Waals surface area contributed by atoms with Crippen LogP contribution in [0.1, 0.15) is 28.5 Å². The molecule has 0 saturated heterocycles. The molecule has 0 spiro atoms. The summed E-state index contributed by atoms with van der Waals surface area (Å²) in [5.41, 5.74) is 2.11. The van der Waals surface area contributed by atoms with Crippen molar-refractivity contribution >= 4 is 28.3 Å². The summed E-state index contributed by atoms with van der Waals surface area (Å²) in [6.07, 6.45) is 3.60. The molecule has 0 bridgehead atoms. The number of ether oxygens (including phenoxy) is 1. The SMILES string of the molecule is CC(=O)Nc1nc(COC(=O)c2ccc(Cn3cccn3)cc2)cs1. The van der Waals surface area contributed by atoms with E-state index in [1.54, 1.807) is 23.7 Å². The molecule has 0 unspecified atom stereocenters. The number of thiazole rings is 1. The van der Waals surface area contributed by atoms with E-state index in [4.69, 9.17) is 4.74 Å². The average molecular weight is 356 g/mol. The number of esters is 1. The third-order valence-corrected chi connectivity index (χ3v) is 4.09. The molecular weight excluding hydrogens is 340 g/mol. The normalized spacial score (nSPS) is 10.4. The van der Waals surface area contributed by atoms with Gasteiger partial charge in [-0.05, 0) is 23.8 Å². The molecule has 2 aromatic heterocycles. The fourth-order valence-electron chi connectivity index (χ4n) is 2.13. The number of hydrogen-bond acceptors (Lipinski definition) is 6. The molecule has 0 aliphatic carbocycles. The predicted molar refractivity (Wildman–Crippen MR) is 93.3 cm³/mol. The number of aromatic nitrogens is 3. The summed E-state index contributed by atoms with van der Waals surface area (Å²) in [4.78, 5) is 27.2. The first-order valence-corrected chi connectivity index (χ1v) is 8.43. The molecule has 8 heteroatoms. The number of carbonyl (C=O) groups excluding carboxylic acids is 2. The first-order chi connectivity index (χ1) is 12.1. The molecule has 0 radical (unpaired) electrons. The van der Waals surface area contributed by atoms with Gasteiger partial charge in [-0.2, -0.15) is 5.10 Å². The van der Waals surface area contributed by atoms with Crippen LogP contribution in [0.25, 0.3) is 0 Å². The standard InChI is InChI=1S/C17H16N4O3S/c1-12(22)19-17-20-15(11-25-17)10-24-16(23)14-5-3-13(4-6-14)9-21-8-2-7-18-21/h2-8,11H,9-10H2,1H3,(H,19,20,22). The van der Waals surface area contributed by atoms with Gasteiger partial charge in [-0.1, -0.05) is 12.1 Å². The summed E-state index contributed by atoms with van der Waals surface area (Å²) in [6, 6.07) is 9.06. The van der Waals surface area contributed by atoms with Crippen molar-refractivity contribution in [3.05, 3.63) is 64.9 Å².